The van der Waals surface area contributed by atoms with Crippen LogP contribution in [0.5, 0.6) is 11.5 Å². The van der Waals surface area contributed by atoms with E-state index >= 15 is 0 Å². The minimum atomic E-state index is 0.119. The number of benzene rings is 1. The Morgan fingerprint density at radius 1 is 1.42 bits per heavy atom. The van der Waals surface area contributed by atoms with E-state index in [1.165, 1.54) is 0 Å². The molecule has 0 spiro atoms. The first-order valence-corrected chi connectivity index (χ1v) is 7.65. The number of ether oxygens (including phenoxy) is 2. The van der Waals surface area contributed by atoms with Crippen LogP contribution in [0.4, 0.5) is 0 Å². The van der Waals surface area contributed by atoms with Crippen LogP contribution in [-0.4, -0.2) is 29.9 Å². The Balaban J connectivity index is 1.82. The van der Waals surface area contributed by atoms with Crippen LogP contribution in [0.1, 0.15) is 30.7 Å². The summed E-state index contributed by atoms with van der Waals surface area (Å²) in [5.41, 5.74) is 1.12. The molecule has 1 aromatic carbocycles. The van der Waals surface area contributed by atoms with Crippen molar-refractivity contribution in [3.8, 4) is 11.5 Å². The first-order chi connectivity index (χ1) is 9.29. The van der Waals surface area contributed by atoms with Crippen LogP contribution < -0.4 is 9.47 Å². The molecule has 0 radical (unpaired) electrons. The van der Waals surface area contributed by atoms with Crippen molar-refractivity contribution in [1.29, 1.82) is 0 Å². The van der Waals surface area contributed by atoms with Crippen LogP contribution in [-0.2, 0) is 4.79 Å². The van der Waals surface area contributed by atoms with Crippen molar-refractivity contribution in [2.75, 3.05) is 19.1 Å². The third-order valence-corrected chi connectivity index (χ3v) is 4.62. The fourth-order valence-corrected chi connectivity index (χ4v) is 3.69. The van der Waals surface area contributed by atoms with Gasteiger partial charge in [-0.05, 0) is 24.1 Å². The van der Waals surface area contributed by atoms with Gasteiger partial charge in [0.1, 0.15) is 5.37 Å². The standard InChI is InChI=1S/C14H17NO3S/c1-2-3-13(16)15-6-7-19-14(15)10-4-5-11-12(8-10)18-9-17-11/h4-5,8,14H,2-3,6-7,9H2,1H3/t14-/m1/s1. The second-order valence-electron chi connectivity index (χ2n) is 4.67. The maximum Gasteiger partial charge on any atom is 0.231 e. The molecule has 0 aromatic heterocycles. The molecule has 3 rings (SSSR count). The fourth-order valence-electron chi connectivity index (χ4n) is 2.43. The zero-order valence-corrected chi connectivity index (χ0v) is 11.7. The second kappa shape index (κ2) is 5.33. The van der Waals surface area contributed by atoms with Crippen molar-refractivity contribution in [2.45, 2.75) is 25.1 Å². The van der Waals surface area contributed by atoms with Gasteiger partial charge in [0, 0.05) is 18.7 Å². The van der Waals surface area contributed by atoms with Gasteiger partial charge in [-0.15, -0.1) is 11.8 Å². The third-order valence-electron chi connectivity index (χ3n) is 3.36. The summed E-state index contributed by atoms with van der Waals surface area (Å²) < 4.78 is 10.7. The highest BCUT2D eigenvalue weighted by atomic mass is 32.2. The zero-order valence-electron chi connectivity index (χ0n) is 10.9. The molecule has 0 saturated carbocycles. The molecule has 0 N–H and O–H groups in total. The number of amides is 1. The lowest BCUT2D eigenvalue weighted by molar-refractivity contribution is -0.131. The molecule has 1 atom stereocenters. The van der Waals surface area contributed by atoms with Crippen LogP contribution in [0, 0.1) is 0 Å². The van der Waals surface area contributed by atoms with E-state index in [9.17, 15) is 4.79 Å². The molecule has 0 unspecified atom stereocenters. The molecular formula is C14H17NO3S. The number of carbonyl (C=O) groups excluding carboxylic acids is 1. The lowest BCUT2D eigenvalue weighted by Crippen LogP contribution is -2.29. The van der Waals surface area contributed by atoms with E-state index in [4.69, 9.17) is 9.47 Å². The van der Waals surface area contributed by atoms with E-state index in [0.29, 0.717) is 6.42 Å². The molecule has 1 saturated heterocycles. The molecule has 19 heavy (non-hydrogen) atoms. The van der Waals surface area contributed by atoms with Gasteiger partial charge in [0.25, 0.3) is 0 Å². The quantitative estimate of drug-likeness (QED) is 0.853. The highest BCUT2D eigenvalue weighted by Gasteiger charge is 2.31. The van der Waals surface area contributed by atoms with Gasteiger partial charge in [0.15, 0.2) is 11.5 Å². The number of fused-ring (bicyclic) bond motifs is 1. The normalized spacial score (nSPS) is 20.9. The Bertz CT molecular complexity index is 492. The van der Waals surface area contributed by atoms with Crippen molar-refractivity contribution < 1.29 is 14.3 Å². The maximum atomic E-state index is 12.1. The summed E-state index contributed by atoms with van der Waals surface area (Å²) in [5.74, 6) is 2.82. The summed E-state index contributed by atoms with van der Waals surface area (Å²) in [7, 11) is 0. The summed E-state index contributed by atoms with van der Waals surface area (Å²) in [5, 5.41) is 0.119. The van der Waals surface area contributed by atoms with Crippen LogP contribution in [0.3, 0.4) is 0 Å². The largest absolute Gasteiger partial charge is 0.454 e. The zero-order chi connectivity index (χ0) is 13.2. The van der Waals surface area contributed by atoms with Crippen LogP contribution >= 0.6 is 11.8 Å². The van der Waals surface area contributed by atoms with Crippen LogP contribution in [0.2, 0.25) is 0 Å². The van der Waals surface area contributed by atoms with Gasteiger partial charge in [0.05, 0.1) is 0 Å². The summed E-state index contributed by atoms with van der Waals surface area (Å²) in [4.78, 5) is 14.1. The first kappa shape index (κ1) is 12.7. The van der Waals surface area contributed by atoms with E-state index in [0.717, 1.165) is 35.8 Å². The van der Waals surface area contributed by atoms with E-state index in [2.05, 4.69) is 0 Å². The summed E-state index contributed by atoms with van der Waals surface area (Å²) in [6.45, 7) is 3.16. The monoisotopic (exact) mass is 279 g/mol. The number of hydrogen-bond acceptors (Lipinski definition) is 4. The Hall–Kier alpha value is -1.36. The summed E-state index contributed by atoms with van der Waals surface area (Å²) >= 11 is 1.81. The molecule has 0 bridgehead atoms. The van der Waals surface area contributed by atoms with Crippen molar-refractivity contribution in [3.05, 3.63) is 23.8 Å². The summed E-state index contributed by atoms with van der Waals surface area (Å²) in [6.07, 6.45) is 1.52. The van der Waals surface area contributed by atoms with E-state index in [-0.39, 0.29) is 18.1 Å². The van der Waals surface area contributed by atoms with Gasteiger partial charge in [-0.2, -0.15) is 0 Å². The minimum absolute atomic E-state index is 0.119. The maximum absolute atomic E-state index is 12.1. The number of thioether (sulfide) groups is 1. The number of carbonyl (C=O) groups is 1. The lowest BCUT2D eigenvalue weighted by Gasteiger charge is -2.24. The fraction of sp³-hybridized carbons (Fsp3) is 0.500. The molecule has 2 heterocycles. The Morgan fingerprint density at radius 3 is 3.11 bits per heavy atom. The van der Waals surface area contributed by atoms with E-state index in [1.54, 1.807) is 0 Å². The smallest absolute Gasteiger partial charge is 0.231 e. The second-order valence-corrected chi connectivity index (χ2v) is 5.86. The molecular weight excluding hydrogens is 262 g/mol. The van der Waals surface area contributed by atoms with E-state index < -0.39 is 0 Å². The van der Waals surface area contributed by atoms with Gasteiger partial charge in [-0.3, -0.25) is 4.79 Å². The Morgan fingerprint density at radius 2 is 2.26 bits per heavy atom. The Kier molecular flexibility index (Phi) is 3.55. The van der Waals surface area contributed by atoms with Gasteiger partial charge in [-0.25, -0.2) is 0 Å². The van der Waals surface area contributed by atoms with Gasteiger partial charge in [-0.1, -0.05) is 13.0 Å². The highest BCUT2D eigenvalue weighted by molar-refractivity contribution is 7.99. The topological polar surface area (TPSA) is 38.8 Å². The van der Waals surface area contributed by atoms with Crippen molar-refractivity contribution in [1.82, 2.24) is 4.90 Å². The molecule has 2 aliphatic heterocycles. The van der Waals surface area contributed by atoms with Crippen LogP contribution in [0.25, 0.3) is 0 Å². The predicted octanol–water partition coefficient (Wildman–Crippen LogP) is 2.79. The number of nitrogens with zero attached hydrogens (tertiary/aromatic N) is 1. The predicted molar refractivity (Wildman–Crippen MR) is 74.4 cm³/mol. The molecule has 1 amide bonds. The lowest BCUT2D eigenvalue weighted by atomic mass is 10.1. The molecule has 2 aliphatic rings. The van der Waals surface area contributed by atoms with Gasteiger partial charge >= 0.3 is 0 Å². The number of rotatable bonds is 3. The highest BCUT2D eigenvalue weighted by Crippen LogP contribution is 2.42. The average molecular weight is 279 g/mol. The first-order valence-electron chi connectivity index (χ1n) is 6.60. The minimum Gasteiger partial charge on any atom is -0.454 e. The van der Waals surface area contributed by atoms with E-state index in [1.807, 2.05) is 41.8 Å². The molecule has 1 fully saturated rings. The Labute approximate surface area is 117 Å². The van der Waals surface area contributed by atoms with Crippen molar-refractivity contribution in [2.24, 2.45) is 0 Å². The molecule has 5 heteroatoms. The van der Waals surface area contributed by atoms with Gasteiger partial charge < -0.3 is 14.4 Å². The molecule has 102 valence electrons. The van der Waals surface area contributed by atoms with Gasteiger partial charge in [0.2, 0.25) is 12.7 Å². The molecule has 1 aromatic rings. The van der Waals surface area contributed by atoms with Crippen molar-refractivity contribution >= 4 is 17.7 Å². The summed E-state index contributed by atoms with van der Waals surface area (Å²) in [6, 6.07) is 5.96. The third kappa shape index (κ3) is 2.39. The van der Waals surface area contributed by atoms with Crippen molar-refractivity contribution in [3.63, 3.8) is 0 Å². The average Bonchev–Trinajstić information content (AvgIpc) is 3.07. The SMILES string of the molecule is CCCC(=O)N1CCS[C@@H]1c1ccc2c(c1)OCO2. The molecule has 4 nitrogen and oxygen atoms in total. The van der Waals surface area contributed by atoms with Crippen LogP contribution in [0.15, 0.2) is 18.2 Å². The number of hydrogen-bond donors (Lipinski definition) is 0. The molecule has 0 aliphatic carbocycles.